The molecule has 0 aromatic heterocycles. The molecule has 1 aromatic carbocycles. The highest BCUT2D eigenvalue weighted by molar-refractivity contribution is 5.67. The first-order chi connectivity index (χ1) is 8.72. The van der Waals surface area contributed by atoms with Crippen LogP contribution in [0.3, 0.4) is 0 Å². The molecule has 1 rings (SSSR count). The summed E-state index contributed by atoms with van der Waals surface area (Å²) in [6.07, 6.45) is 2.20. The van der Waals surface area contributed by atoms with Crippen LogP contribution in [0.15, 0.2) is 30.3 Å². The number of hydrogen-bond donors (Lipinski definition) is 2. The Kier molecular flexibility index (Phi) is 6.87. The lowest BCUT2D eigenvalue weighted by Crippen LogP contribution is -2.34. The van der Waals surface area contributed by atoms with Crippen molar-refractivity contribution in [3.05, 3.63) is 35.9 Å². The Morgan fingerprint density at radius 2 is 2.06 bits per heavy atom. The molecular weight excluding hydrogens is 230 g/mol. The molecule has 0 radical (unpaired) electrons. The van der Waals surface area contributed by atoms with Gasteiger partial charge in [-0.1, -0.05) is 50.1 Å². The van der Waals surface area contributed by atoms with Crippen molar-refractivity contribution in [2.75, 3.05) is 0 Å². The number of ether oxygens (including phenoxy) is 1. The summed E-state index contributed by atoms with van der Waals surface area (Å²) in [6, 6.07) is 9.43. The molecule has 4 heteroatoms. The largest absolute Gasteiger partial charge is 0.445 e. The van der Waals surface area contributed by atoms with Crippen LogP contribution in [0.4, 0.5) is 4.79 Å². The topological polar surface area (TPSA) is 58.6 Å². The molecule has 18 heavy (non-hydrogen) atoms. The van der Waals surface area contributed by atoms with E-state index in [9.17, 15) is 9.90 Å². The molecule has 0 aliphatic heterocycles. The monoisotopic (exact) mass is 251 g/mol. The minimum absolute atomic E-state index is 0.217. The predicted octanol–water partition coefficient (Wildman–Crippen LogP) is 2.81. The first kappa shape index (κ1) is 14.5. The summed E-state index contributed by atoms with van der Waals surface area (Å²) in [5.74, 6) is 0. The van der Waals surface area contributed by atoms with Crippen molar-refractivity contribution in [3.63, 3.8) is 0 Å². The number of hydrogen-bond acceptors (Lipinski definition) is 3. The molecule has 0 bridgehead atoms. The number of benzene rings is 1. The Bertz CT molecular complexity index is 340. The van der Waals surface area contributed by atoms with Gasteiger partial charge in [0.05, 0.1) is 0 Å². The van der Waals surface area contributed by atoms with Crippen LogP contribution in [0.2, 0.25) is 0 Å². The van der Waals surface area contributed by atoms with Crippen LogP contribution < -0.4 is 5.32 Å². The quantitative estimate of drug-likeness (QED) is 0.578. The molecule has 100 valence electrons. The van der Waals surface area contributed by atoms with Gasteiger partial charge in [-0.25, -0.2) is 4.79 Å². The van der Waals surface area contributed by atoms with E-state index in [0.29, 0.717) is 6.42 Å². The molecule has 0 saturated heterocycles. The summed E-state index contributed by atoms with van der Waals surface area (Å²) in [5.41, 5.74) is 0.924. The van der Waals surface area contributed by atoms with Gasteiger partial charge in [-0.2, -0.15) is 0 Å². The maximum atomic E-state index is 11.4. The minimum Gasteiger partial charge on any atom is -0.445 e. The zero-order chi connectivity index (χ0) is 13.2. The van der Waals surface area contributed by atoms with Gasteiger partial charge in [0, 0.05) is 0 Å². The number of amides is 1. The molecule has 0 heterocycles. The molecule has 0 aliphatic carbocycles. The first-order valence-electron chi connectivity index (χ1n) is 6.37. The normalized spacial score (nSPS) is 11.9. The van der Waals surface area contributed by atoms with Crippen LogP contribution in [-0.4, -0.2) is 17.4 Å². The fourth-order valence-electron chi connectivity index (χ4n) is 1.56. The fourth-order valence-corrected chi connectivity index (χ4v) is 1.56. The van der Waals surface area contributed by atoms with Crippen molar-refractivity contribution in [1.82, 2.24) is 5.32 Å². The van der Waals surface area contributed by atoms with Crippen molar-refractivity contribution in [3.8, 4) is 0 Å². The predicted molar refractivity (Wildman–Crippen MR) is 69.9 cm³/mol. The molecule has 0 spiro atoms. The number of aliphatic hydroxyl groups is 1. The highest BCUT2D eigenvalue weighted by Crippen LogP contribution is 2.03. The molecule has 0 aliphatic rings. The van der Waals surface area contributed by atoms with Gasteiger partial charge in [0.2, 0.25) is 0 Å². The van der Waals surface area contributed by atoms with Crippen LogP contribution >= 0.6 is 0 Å². The Hall–Kier alpha value is -1.55. The van der Waals surface area contributed by atoms with Crippen molar-refractivity contribution in [2.24, 2.45) is 0 Å². The average Bonchev–Trinajstić information content (AvgIpc) is 2.38. The van der Waals surface area contributed by atoms with E-state index >= 15 is 0 Å². The number of carbonyl (C=O) groups excluding carboxylic acids is 1. The van der Waals surface area contributed by atoms with Crippen LogP contribution in [0.1, 0.15) is 38.2 Å². The molecule has 0 fully saturated rings. The summed E-state index contributed by atoms with van der Waals surface area (Å²) < 4.78 is 4.99. The molecule has 1 atom stereocenters. The Morgan fingerprint density at radius 1 is 1.33 bits per heavy atom. The molecule has 0 saturated carbocycles. The van der Waals surface area contributed by atoms with Gasteiger partial charge >= 0.3 is 6.09 Å². The zero-order valence-electron chi connectivity index (χ0n) is 10.8. The number of carbonyl (C=O) groups is 1. The summed E-state index contributed by atoms with van der Waals surface area (Å²) in [6.45, 7) is 2.31. The van der Waals surface area contributed by atoms with Crippen LogP contribution in [-0.2, 0) is 11.3 Å². The number of nitrogens with one attached hydrogen (secondary N) is 1. The molecular formula is C14H21NO3. The number of aliphatic hydroxyl groups excluding tert-OH is 1. The number of rotatable bonds is 7. The molecule has 1 aromatic rings. The van der Waals surface area contributed by atoms with E-state index in [0.717, 1.165) is 24.8 Å². The van der Waals surface area contributed by atoms with Gasteiger partial charge in [-0.05, 0) is 18.4 Å². The van der Waals surface area contributed by atoms with Crippen LogP contribution in [0.5, 0.6) is 0 Å². The van der Waals surface area contributed by atoms with Gasteiger partial charge < -0.3 is 9.84 Å². The van der Waals surface area contributed by atoms with Gasteiger partial charge in [0.15, 0.2) is 0 Å². The highest BCUT2D eigenvalue weighted by atomic mass is 16.6. The summed E-state index contributed by atoms with van der Waals surface area (Å²) in [7, 11) is 0. The fraction of sp³-hybridized carbons (Fsp3) is 0.500. The third kappa shape index (κ3) is 6.25. The van der Waals surface area contributed by atoms with Gasteiger partial charge in [0.25, 0.3) is 0 Å². The van der Waals surface area contributed by atoms with E-state index in [1.807, 2.05) is 30.3 Å². The molecule has 1 unspecified atom stereocenters. The molecule has 1 amide bonds. The Balaban J connectivity index is 2.17. The maximum absolute atomic E-state index is 11.4. The third-order valence-electron chi connectivity index (χ3n) is 2.58. The van der Waals surface area contributed by atoms with Crippen molar-refractivity contribution in [2.45, 2.75) is 45.4 Å². The number of alkyl carbamates (subject to hydrolysis) is 1. The van der Waals surface area contributed by atoms with Gasteiger partial charge in [0.1, 0.15) is 12.8 Å². The van der Waals surface area contributed by atoms with E-state index in [-0.39, 0.29) is 6.61 Å². The van der Waals surface area contributed by atoms with E-state index in [2.05, 4.69) is 12.2 Å². The second-order valence-corrected chi connectivity index (χ2v) is 4.22. The van der Waals surface area contributed by atoms with E-state index in [1.165, 1.54) is 0 Å². The second kappa shape index (κ2) is 8.53. The standard InChI is InChI=1S/C14H21NO3/c1-2-3-5-10-13(16)15-14(17)18-11-12-8-6-4-7-9-12/h4,6-9,13,16H,2-3,5,10-11H2,1H3,(H,15,17). The average molecular weight is 251 g/mol. The zero-order valence-corrected chi connectivity index (χ0v) is 10.8. The lowest BCUT2D eigenvalue weighted by atomic mass is 10.2. The third-order valence-corrected chi connectivity index (χ3v) is 2.58. The Morgan fingerprint density at radius 3 is 2.72 bits per heavy atom. The van der Waals surface area contributed by atoms with Crippen molar-refractivity contribution < 1.29 is 14.6 Å². The summed E-state index contributed by atoms with van der Waals surface area (Å²) >= 11 is 0. The van der Waals surface area contributed by atoms with E-state index < -0.39 is 12.3 Å². The maximum Gasteiger partial charge on any atom is 0.409 e. The lowest BCUT2D eigenvalue weighted by molar-refractivity contribution is 0.0891. The van der Waals surface area contributed by atoms with Gasteiger partial charge in [-0.3, -0.25) is 5.32 Å². The van der Waals surface area contributed by atoms with E-state index in [4.69, 9.17) is 4.74 Å². The Labute approximate surface area is 108 Å². The first-order valence-corrected chi connectivity index (χ1v) is 6.37. The number of unbranched alkanes of at least 4 members (excludes halogenated alkanes) is 2. The minimum atomic E-state index is -0.820. The molecule has 2 N–H and O–H groups in total. The van der Waals surface area contributed by atoms with Crippen LogP contribution in [0, 0.1) is 0 Å². The molecule has 4 nitrogen and oxygen atoms in total. The van der Waals surface area contributed by atoms with Gasteiger partial charge in [-0.15, -0.1) is 0 Å². The lowest BCUT2D eigenvalue weighted by Gasteiger charge is -2.12. The van der Waals surface area contributed by atoms with Crippen LogP contribution in [0.25, 0.3) is 0 Å². The SMILES string of the molecule is CCCCCC(O)NC(=O)OCc1ccccc1. The smallest absolute Gasteiger partial charge is 0.409 e. The summed E-state index contributed by atoms with van der Waals surface area (Å²) in [4.78, 5) is 11.4. The van der Waals surface area contributed by atoms with Crippen molar-refractivity contribution in [1.29, 1.82) is 0 Å². The van der Waals surface area contributed by atoms with E-state index in [1.54, 1.807) is 0 Å². The summed E-state index contributed by atoms with van der Waals surface area (Å²) in [5, 5.41) is 11.9. The second-order valence-electron chi connectivity index (χ2n) is 4.22. The highest BCUT2D eigenvalue weighted by Gasteiger charge is 2.09. The van der Waals surface area contributed by atoms with Crippen molar-refractivity contribution >= 4 is 6.09 Å².